The number of hydrogen-bond acceptors (Lipinski definition) is 2. The summed E-state index contributed by atoms with van der Waals surface area (Å²) >= 11 is 0. The number of nitrogens with zero attached hydrogens (tertiary/aromatic N) is 1. The van der Waals surface area contributed by atoms with Crippen LogP contribution in [0, 0.1) is 17.6 Å². The summed E-state index contributed by atoms with van der Waals surface area (Å²) in [5, 5.41) is 2.62. The van der Waals surface area contributed by atoms with Crippen LogP contribution in [0.5, 0.6) is 0 Å². The summed E-state index contributed by atoms with van der Waals surface area (Å²) in [6, 6.07) is 3.29. The van der Waals surface area contributed by atoms with Crippen molar-refractivity contribution < 1.29 is 13.5 Å². The number of nitrogens with one attached hydrogen (secondary N) is 1. The number of ether oxygens (including phenoxy) is 1. The van der Waals surface area contributed by atoms with Gasteiger partial charge < -0.3 is 15.8 Å². The van der Waals surface area contributed by atoms with Crippen LogP contribution >= 0.6 is 0 Å². The summed E-state index contributed by atoms with van der Waals surface area (Å²) in [5.41, 5.74) is 5.77. The molecule has 0 amide bonds. The molecule has 1 heterocycles. The number of hydrogen-bond donors (Lipinski definition) is 2. The molecule has 108 valence electrons. The minimum atomic E-state index is -0.558. The first-order chi connectivity index (χ1) is 9.63. The van der Waals surface area contributed by atoms with Crippen molar-refractivity contribution in [3.63, 3.8) is 0 Å². The van der Waals surface area contributed by atoms with Crippen molar-refractivity contribution in [2.75, 3.05) is 11.9 Å². The Bertz CT molecular complexity index is 535. The molecule has 0 bridgehead atoms. The van der Waals surface area contributed by atoms with E-state index in [9.17, 15) is 8.78 Å². The molecule has 0 aromatic heterocycles. The average Bonchev–Trinajstić information content (AvgIpc) is 2.40. The highest BCUT2D eigenvalue weighted by molar-refractivity contribution is 5.92. The normalized spacial score (nSPS) is 29.5. The van der Waals surface area contributed by atoms with Gasteiger partial charge in [-0.1, -0.05) is 0 Å². The Morgan fingerprint density at radius 2 is 2.25 bits per heavy atom. The summed E-state index contributed by atoms with van der Waals surface area (Å²) < 4.78 is 32.1. The minimum absolute atomic E-state index is 0.00187. The third-order valence-corrected chi connectivity index (χ3v) is 3.96. The summed E-state index contributed by atoms with van der Waals surface area (Å²) in [4.78, 5) is 4.35. The third kappa shape index (κ3) is 2.60. The van der Waals surface area contributed by atoms with Crippen molar-refractivity contribution in [3.8, 4) is 0 Å². The van der Waals surface area contributed by atoms with Crippen LogP contribution in [0.3, 0.4) is 0 Å². The van der Waals surface area contributed by atoms with E-state index in [4.69, 9.17) is 10.5 Å². The molecule has 20 heavy (non-hydrogen) atoms. The molecule has 3 N–H and O–H groups in total. The number of anilines is 1. The first-order valence-corrected chi connectivity index (χ1v) is 6.80. The fraction of sp³-hybridized carbons (Fsp3) is 0.500. The van der Waals surface area contributed by atoms with Crippen LogP contribution in [0.2, 0.25) is 0 Å². The van der Waals surface area contributed by atoms with Crippen LogP contribution in [-0.4, -0.2) is 24.7 Å². The van der Waals surface area contributed by atoms with Crippen molar-refractivity contribution in [1.29, 1.82) is 0 Å². The molecule has 0 spiro atoms. The van der Waals surface area contributed by atoms with Crippen molar-refractivity contribution in [1.82, 2.24) is 0 Å². The molecule has 1 aliphatic heterocycles. The zero-order chi connectivity index (χ0) is 14.1. The van der Waals surface area contributed by atoms with Crippen molar-refractivity contribution in [3.05, 3.63) is 29.8 Å². The van der Waals surface area contributed by atoms with E-state index in [1.807, 2.05) is 0 Å². The lowest BCUT2D eigenvalue weighted by atomic mass is 9.73. The Kier molecular flexibility index (Phi) is 3.56. The van der Waals surface area contributed by atoms with E-state index in [1.54, 1.807) is 0 Å². The van der Waals surface area contributed by atoms with Crippen molar-refractivity contribution in [2.24, 2.45) is 16.6 Å². The summed E-state index contributed by atoms with van der Waals surface area (Å²) in [6.07, 6.45) is 3.26. The van der Waals surface area contributed by atoms with Crippen LogP contribution in [0.15, 0.2) is 23.2 Å². The zero-order valence-electron chi connectivity index (χ0n) is 11.0. The zero-order valence-corrected chi connectivity index (χ0v) is 11.0. The lowest BCUT2D eigenvalue weighted by molar-refractivity contribution is -0.0937. The molecule has 1 aromatic rings. The number of nitrogens with two attached hydrogens (primary N) is 1. The van der Waals surface area contributed by atoms with Crippen LogP contribution in [-0.2, 0) is 4.74 Å². The van der Waals surface area contributed by atoms with Gasteiger partial charge in [-0.15, -0.1) is 0 Å². The number of halogens is 2. The van der Waals surface area contributed by atoms with Crippen molar-refractivity contribution in [2.45, 2.75) is 31.4 Å². The fourth-order valence-corrected chi connectivity index (χ4v) is 2.85. The van der Waals surface area contributed by atoms with Gasteiger partial charge in [0.25, 0.3) is 0 Å². The standard InChI is InChI=1S/C14H17F2N3O/c15-8-3-4-10(16)12(6-8)19-14(17)18-11-7-13-9(11)2-1-5-20-13/h3-4,6,9,11,13H,1-2,5,7H2,(H3,17,18,19). The molecule has 6 heteroatoms. The highest BCUT2D eigenvalue weighted by Crippen LogP contribution is 2.39. The maximum absolute atomic E-state index is 13.5. The van der Waals surface area contributed by atoms with Gasteiger partial charge in [0.05, 0.1) is 17.8 Å². The van der Waals surface area contributed by atoms with E-state index in [1.165, 1.54) is 0 Å². The van der Waals surface area contributed by atoms with Gasteiger partial charge in [-0.3, -0.25) is 0 Å². The number of guanidine groups is 1. The van der Waals surface area contributed by atoms with E-state index < -0.39 is 11.6 Å². The maximum atomic E-state index is 13.5. The number of benzene rings is 1. The smallest absolute Gasteiger partial charge is 0.193 e. The van der Waals surface area contributed by atoms with Gasteiger partial charge in [-0.05, 0) is 31.4 Å². The first-order valence-electron chi connectivity index (χ1n) is 6.80. The molecular formula is C14H17F2N3O. The number of aliphatic imine (C=N–C) groups is 1. The predicted molar refractivity (Wildman–Crippen MR) is 72.5 cm³/mol. The molecule has 3 unspecified atom stereocenters. The third-order valence-electron chi connectivity index (χ3n) is 3.96. The molecule has 4 nitrogen and oxygen atoms in total. The second-order valence-electron chi connectivity index (χ2n) is 5.28. The van der Waals surface area contributed by atoms with Crippen LogP contribution in [0.4, 0.5) is 14.5 Å². The SMILES string of the molecule is NC(=NC1CC2OCCCC12)Nc1cc(F)ccc1F. The molecule has 3 atom stereocenters. The predicted octanol–water partition coefficient (Wildman–Crippen LogP) is 2.26. The Balaban J connectivity index is 1.65. The number of fused-ring (bicyclic) bond motifs is 1. The quantitative estimate of drug-likeness (QED) is 0.645. The molecule has 2 fully saturated rings. The summed E-state index contributed by atoms with van der Waals surface area (Å²) in [6.45, 7) is 0.819. The minimum Gasteiger partial charge on any atom is -0.378 e. The molecule has 2 aliphatic rings. The molecule has 1 saturated carbocycles. The number of rotatable bonds is 2. The van der Waals surface area contributed by atoms with Crippen LogP contribution < -0.4 is 11.1 Å². The topological polar surface area (TPSA) is 59.6 Å². The van der Waals surface area contributed by atoms with Gasteiger partial charge in [0.15, 0.2) is 5.96 Å². The van der Waals surface area contributed by atoms with Gasteiger partial charge in [-0.25, -0.2) is 13.8 Å². The summed E-state index contributed by atoms with van der Waals surface area (Å²) in [7, 11) is 0. The van der Waals surface area contributed by atoms with E-state index in [0.717, 1.165) is 44.1 Å². The second kappa shape index (κ2) is 5.36. The summed E-state index contributed by atoms with van der Waals surface area (Å²) in [5.74, 6) is -0.562. The monoisotopic (exact) mass is 281 g/mol. The van der Waals surface area contributed by atoms with Gasteiger partial charge >= 0.3 is 0 Å². The Morgan fingerprint density at radius 1 is 1.40 bits per heavy atom. The molecule has 1 aromatic carbocycles. The molecular weight excluding hydrogens is 264 g/mol. The Labute approximate surface area is 116 Å². The lowest BCUT2D eigenvalue weighted by Crippen LogP contribution is -2.49. The van der Waals surface area contributed by atoms with Crippen LogP contribution in [0.1, 0.15) is 19.3 Å². The van der Waals surface area contributed by atoms with Gasteiger partial charge in [0.1, 0.15) is 11.6 Å². The van der Waals surface area contributed by atoms with Gasteiger partial charge in [0, 0.05) is 18.6 Å². The van der Waals surface area contributed by atoms with Crippen LogP contribution in [0.25, 0.3) is 0 Å². The largest absolute Gasteiger partial charge is 0.378 e. The Hall–Kier alpha value is -1.69. The fourth-order valence-electron chi connectivity index (χ4n) is 2.85. The maximum Gasteiger partial charge on any atom is 0.193 e. The molecule has 0 radical (unpaired) electrons. The van der Waals surface area contributed by atoms with Gasteiger partial charge in [0.2, 0.25) is 0 Å². The highest BCUT2D eigenvalue weighted by Gasteiger charge is 2.43. The molecule has 3 rings (SSSR count). The van der Waals surface area contributed by atoms with Crippen molar-refractivity contribution >= 4 is 11.6 Å². The highest BCUT2D eigenvalue weighted by atomic mass is 19.1. The van der Waals surface area contributed by atoms with E-state index in [-0.39, 0.29) is 23.8 Å². The van der Waals surface area contributed by atoms with E-state index >= 15 is 0 Å². The molecule has 1 saturated heterocycles. The van der Waals surface area contributed by atoms with E-state index in [0.29, 0.717) is 5.92 Å². The lowest BCUT2D eigenvalue weighted by Gasteiger charge is -2.45. The Morgan fingerprint density at radius 3 is 3.05 bits per heavy atom. The van der Waals surface area contributed by atoms with E-state index in [2.05, 4.69) is 10.3 Å². The van der Waals surface area contributed by atoms with Gasteiger partial charge in [-0.2, -0.15) is 0 Å². The second-order valence-corrected chi connectivity index (χ2v) is 5.28. The molecule has 1 aliphatic carbocycles. The first kappa shape index (κ1) is 13.3. The average molecular weight is 281 g/mol.